The third-order valence-electron chi connectivity index (χ3n) is 4.21. The fourth-order valence-electron chi connectivity index (χ4n) is 2.89. The molecule has 3 N–H and O–H groups in total. The molecule has 2 aromatic rings. The SMILES string of the molecule is CC(C)(C)c1nc(CCN=C(N)Nc2ccc3c(c2)CCC3)cs1.I. The highest BCUT2D eigenvalue weighted by Gasteiger charge is 2.17. The number of benzene rings is 1. The van der Waals surface area contributed by atoms with E-state index in [1.807, 2.05) is 0 Å². The molecule has 1 aliphatic rings. The van der Waals surface area contributed by atoms with E-state index in [1.165, 1.54) is 35.4 Å². The van der Waals surface area contributed by atoms with Gasteiger partial charge in [-0.2, -0.15) is 0 Å². The molecule has 0 fully saturated rings. The Morgan fingerprint density at radius 2 is 2.04 bits per heavy atom. The van der Waals surface area contributed by atoms with Gasteiger partial charge in [-0.15, -0.1) is 35.3 Å². The maximum absolute atomic E-state index is 6.01. The molecule has 1 heterocycles. The van der Waals surface area contributed by atoms with E-state index in [0.717, 1.165) is 17.8 Å². The molecule has 1 aromatic carbocycles. The molecule has 0 saturated heterocycles. The molecule has 0 aliphatic heterocycles. The second-order valence-electron chi connectivity index (χ2n) is 7.37. The lowest BCUT2D eigenvalue weighted by Crippen LogP contribution is -2.23. The monoisotopic (exact) mass is 470 g/mol. The van der Waals surface area contributed by atoms with E-state index in [4.69, 9.17) is 5.73 Å². The normalized spacial score (nSPS) is 14.1. The number of rotatable bonds is 4. The van der Waals surface area contributed by atoms with Crippen molar-refractivity contribution in [1.82, 2.24) is 4.98 Å². The van der Waals surface area contributed by atoms with Crippen molar-refractivity contribution < 1.29 is 0 Å². The van der Waals surface area contributed by atoms with Crippen LogP contribution in [0.3, 0.4) is 0 Å². The number of nitrogens with two attached hydrogens (primary N) is 1. The van der Waals surface area contributed by atoms with Gasteiger partial charge in [-0.25, -0.2) is 4.98 Å². The van der Waals surface area contributed by atoms with E-state index in [0.29, 0.717) is 12.5 Å². The van der Waals surface area contributed by atoms with Gasteiger partial charge < -0.3 is 11.1 Å². The maximum atomic E-state index is 6.01. The molecule has 0 radical (unpaired) electrons. The number of anilines is 1. The van der Waals surface area contributed by atoms with Crippen LogP contribution in [-0.4, -0.2) is 17.5 Å². The molecule has 136 valence electrons. The van der Waals surface area contributed by atoms with Crippen molar-refractivity contribution in [3.63, 3.8) is 0 Å². The number of fused-ring (bicyclic) bond motifs is 1. The molecular formula is C19H27IN4S. The van der Waals surface area contributed by atoms with E-state index < -0.39 is 0 Å². The zero-order chi connectivity index (χ0) is 17.2. The molecule has 0 atom stereocenters. The zero-order valence-corrected chi connectivity index (χ0v) is 18.3. The van der Waals surface area contributed by atoms with Gasteiger partial charge in [-0.05, 0) is 42.5 Å². The molecule has 0 bridgehead atoms. The van der Waals surface area contributed by atoms with Crippen molar-refractivity contribution in [3.05, 3.63) is 45.4 Å². The summed E-state index contributed by atoms with van der Waals surface area (Å²) in [6.07, 6.45) is 4.44. The number of aromatic nitrogens is 1. The number of nitrogens with zero attached hydrogens (tertiary/aromatic N) is 2. The van der Waals surface area contributed by atoms with Crippen molar-refractivity contribution in [2.45, 2.75) is 51.9 Å². The highest BCUT2D eigenvalue weighted by molar-refractivity contribution is 14.0. The first-order chi connectivity index (χ1) is 11.4. The Kier molecular flexibility index (Phi) is 6.85. The van der Waals surface area contributed by atoms with Crippen molar-refractivity contribution in [2.75, 3.05) is 11.9 Å². The van der Waals surface area contributed by atoms with Crippen molar-refractivity contribution in [3.8, 4) is 0 Å². The Labute approximate surface area is 171 Å². The number of guanidine groups is 1. The lowest BCUT2D eigenvalue weighted by molar-refractivity contribution is 0.583. The van der Waals surface area contributed by atoms with Crippen LogP contribution in [0.15, 0.2) is 28.6 Å². The number of thiazole rings is 1. The van der Waals surface area contributed by atoms with Crippen LogP contribution in [-0.2, 0) is 24.7 Å². The number of hydrogen-bond acceptors (Lipinski definition) is 3. The Balaban J connectivity index is 0.00000225. The lowest BCUT2D eigenvalue weighted by Gasteiger charge is -2.13. The fraction of sp³-hybridized carbons (Fsp3) is 0.474. The molecule has 0 unspecified atom stereocenters. The molecule has 4 nitrogen and oxygen atoms in total. The van der Waals surface area contributed by atoms with Crippen LogP contribution in [0.4, 0.5) is 5.69 Å². The molecular weight excluding hydrogens is 443 g/mol. The van der Waals surface area contributed by atoms with Gasteiger partial charge in [-0.3, -0.25) is 4.99 Å². The minimum Gasteiger partial charge on any atom is -0.370 e. The summed E-state index contributed by atoms with van der Waals surface area (Å²) in [5.74, 6) is 0.472. The van der Waals surface area contributed by atoms with Gasteiger partial charge in [0, 0.05) is 29.4 Å². The van der Waals surface area contributed by atoms with Crippen molar-refractivity contribution >= 4 is 47.0 Å². The highest BCUT2D eigenvalue weighted by Crippen LogP contribution is 2.26. The first-order valence-electron chi connectivity index (χ1n) is 8.55. The van der Waals surface area contributed by atoms with E-state index in [-0.39, 0.29) is 29.4 Å². The summed E-state index contributed by atoms with van der Waals surface area (Å²) in [5.41, 5.74) is 11.1. The third kappa shape index (κ3) is 5.41. The van der Waals surface area contributed by atoms with Gasteiger partial charge in [-0.1, -0.05) is 26.8 Å². The van der Waals surface area contributed by atoms with Crippen LogP contribution in [0.5, 0.6) is 0 Å². The standard InChI is InChI=1S/C19H26N4S.HI/c1-19(2,3)17-22-16(12-24-17)9-10-21-18(20)23-15-8-7-13-5-4-6-14(13)11-15;/h7-8,11-12H,4-6,9-10H2,1-3H3,(H3,20,21,23);1H. The van der Waals surface area contributed by atoms with Gasteiger partial charge in [0.15, 0.2) is 5.96 Å². The summed E-state index contributed by atoms with van der Waals surface area (Å²) in [6, 6.07) is 6.48. The van der Waals surface area contributed by atoms with E-state index >= 15 is 0 Å². The van der Waals surface area contributed by atoms with Gasteiger partial charge in [0.2, 0.25) is 0 Å². The average Bonchev–Trinajstić information content (AvgIpc) is 3.14. The molecule has 3 rings (SSSR count). The molecule has 25 heavy (non-hydrogen) atoms. The lowest BCUT2D eigenvalue weighted by atomic mass is 9.98. The fourth-order valence-corrected chi connectivity index (χ4v) is 3.84. The summed E-state index contributed by atoms with van der Waals surface area (Å²) in [7, 11) is 0. The minimum atomic E-state index is 0. The quantitative estimate of drug-likeness (QED) is 0.393. The first kappa shape index (κ1) is 20.2. The number of halogens is 1. The van der Waals surface area contributed by atoms with Crippen LogP contribution >= 0.6 is 35.3 Å². The van der Waals surface area contributed by atoms with E-state index in [2.05, 4.69) is 59.6 Å². The second-order valence-corrected chi connectivity index (χ2v) is 8.23. The zero-order valence-electron chi connectivity index (χ0n) is 15.1. The highest BCUT2D eigenvalue weighted by atomic mass is 127. The predicted molar refractivity (Wildman–Crippen MR) is 119 cm³/mol. The topological polar surface area (TPSA) is 63.3 Å². The van der Waals surface area contributed by atoms with Crippen LogP contribution in [0.2, 0.25) is 0 Å². The summed E-state index contributed by atoms with van der Waals surface area (Å²) < 4.78 is 0. The summed E-state index contributed by atoms with van der Waals surface area (Å²) >= 11 is 1.72. The molecule has 1 aromatic heterocycles. The minimum absolute atomic E-state index is 0. The number of aliphatic imine (C=N–C) groups is 1. The number of hydrogen-bond donors (Lipinski definition) is 2. The molecule has 1 aliphatic carbocycles. The van der Waals surface area contributed by atoms with Gasteiger partial charge in [0.25, 0.3) is 0 Å². The average molecular weight is 470 g/mol. The molecule has 0 amide bonds. The van der Waals surface area contributed by atoms with E-state index in [1.54, 1.807) is 11.3 Å². The van der Waals surface area contributed by atoms with Crippen molar-refractivity contribution in [1.29, 1.82) is 0 Å². The molecule has 6 heteroatoms. The predicted octanol–water partition coefficient (Wildman–Crippen LogP) is 4.52. The Bertz CT molecular complexity index is 746. The summed E-state index contributed by atoms with van der Waals surface area (Å²) in [4.78, 5) is 9.12. The third-order valence-corrected chi connectivity index (χ3v) is 5.53. The summed E-state index contributed by atoms with van der Waals surface area (Å²) in [6.45, 7) is 7.21. The smallest absolute Gasteiger partial charge is 0.193 e. The van der Waals surface area contributed by atoms with Crippen LogP contribution in [0, 0.1) is 0 Å². The van der Waals surface area contributed by atoms with Crippen molar-refractivity contribution in [2.24, 2.45) is 10.7 Å². The molecule has 0 saturated carbocycles. The maximum Gasteiger partial charge on any atom is 0.193 e. The largest absolute Gasteiger partial charge is 0.370 e. The van der Waals surface area contributed by atoms with Crippen LogP contribution in [0.25, 0.3) is 0 Å². The summed E-state index contributed by atoms with van der Waals surface area (Å²) in [5, 5.41) is 6.49. The molecule has 0 spiro atoms. The van der Waals surface area contributed by atoms with Crippen LogP contribution < -0.4 is 11.1 Å². The Morgan fingerprint density at radius 1 is 1.28 bits per heavy atom. The Morgan fingerprint density at radius 3 is 2.76 bits per heavy atom. The van der Waals surface area contributed by atoms with Gasteiger partial charge in [0.1, 0.15) is 0 Å². The second kappa shape index (κ2) is 8.49. The number of aryl methyl sites for hydroxylation is 2. The van der Waals surface area contributed by atoms with E-state index in [9.17, 15) is 0 Å². The van der Waals surface area contributed by atoms with Crippen LogP contribution in [0.1, 0.15) is 49.0 Å². The first-order valence-corrected chi connectivity index (χ1v) is 9.43. The van der Waals surface area contributed by atoms with Gasteiger partial charge in [0.05, 0.1) is 10.7 Å². The number of nitrogens with one attached hydrogen (secondary N) is 1. The van der Waals surface area contributed by atoms with Gasteiger partial charge >= 0.3 is 0 Å². The Hall–Kier alpha value is -1.15.